The van der Waals surface area contributed by atoms with Crippen molar-refractivity contribution >= 4 is 37.4 Å². The number of sulfone groups is 1. The van der Waals surface area contributed by atoms with Gasteiger partial charge in [0.25, 0.3) is 5.91 Å². The van der Waals surface area contributed by atoms with Crippen LogP contribution in [0.1, 0.15) is 16.3 Å². The second kappa shape index (κ2) is 8.25. The lowest BCUT2D eigenvalue weighted by Gasteiger charge is -2.10. The van der Waals surface area contributed by atoms with E-state index in [9.17, 15) is 13.2 Å². The fraction of sp³-hybridized carbons (Fsp3) is 0.0500. The number of anilines is 1. The highest BCUT2D eigenvalue weighted by Gasteiger charge is 2.20. The molecule has 10 heteroatoms. The lowest BCUT2D eigenvalue weighted by molar-refractivity contribution is 0.0995. The predicted molar refractivity (Wildman–Crippen MR) is 113 cm³/mol. The van der Waals surface area contributed by atoms with Gasteiger partial charge in [0.05, 0.1) is 16.3 Å². The van der Waals surface area contributed by atoms with E-state index in [2.05, 4.69) is 31.3 Å². The van der Waals surface area contributed by atoms with Crippen LogP contribution in [0.3, 0.4) is 0 Å². The standard InChI is InChI=1S/C20H15BrN4O4S/c21-14-6-8-18(25-13-22-12-23-25)17(10-14)24-20(26)19-9-7-15(29-19)11-30(27,28)16-4-2-1-3-5-16/h1-10,12-13H,11H2,(H,24,26). The largest absolute Gasteiger partial charge is 0.455 e. The molecule has 30 heavy (non-hydrogen) atoms. The van der Waals surface area contributed by atoms with E-state index in [-0.39, 0.29) is 22.2 Å². The number of hydrogen-bond acceptors (Lipinski definition) is 6. The van der Waals surface area contributed by atoms with E-state index in [0.29, 0.717) is 11.4 Å². The van der Waals surface area contributed by atoms with E-state index >= 15 is 0 Å². The topological polar surface area (TPSA) is 107 Å². The first-order chi connectivity index (χ1) is 14.4. The Morgan fingerprint density at radius 2 is 1.90 bits per heavy atom. The van der Waals surface area contributed by atoms with Crippen LogP contribution in [0, 0.1) is 0 Å². The minimum Gasteiger partial charge on any atom is -0.455 e. The van der Waals surface area contributed by atoms with Crippen LogP contribution in [-0.4, -0.2) is 29.1 Å². The van der Waals surface area contributed by atoms with E-state index in [1.807, 2.05) is 6.07 Å². The third kappa shape index (κ3) is 4.34. The number of carbonyl (C=O) groups excluding carboxylic acids is 1. The zero-order valence-electron chi connectivity index (χ0n) is 15.4. The summed E-state index contributed by atoms with van der Waals surface area (Å²) >= 11 is 3.38. The first kappa shape index (κ1) is 20.0. The van der Waals surface area contributed by atoms with Crippen LogP contribution in [0.15, 0.2) is 87.1 Å². The predicted octanol–water partition coefficient (Wildman–Crippen LogP) is 3.85. The van der Waals surface area contributed by atoms with Crippen LogP contribution in [0.4, 0.5) is 5.69 Å². The maximum atomic E-state index is 12.7. The van der Waals surface area contributed by atoms with Gasteiger partial charge in [-0.3, -0.25) is 4.79 Å². The molecule has 0 fully saturated rings. The minimum absolute atomic E-state index is 0.00206. The summed E-state index contributed by atoms with van der Waals surface area (Å²) in [6.45, 7) is 0. The fourth-order valence-electron chi connectivity index (χ4n) is 2.80. The molecule has 0 bridgehead atoms. The maximum Gasteiger partial charge on any atom is 0.291 e. The average molecular weight is 487 g/mol. The number of carbonyl (C=O) groups is 1. The van der Waals surface area contributed by atoms with Crippen LogP contribution in [0.2, 0.25) is 0 Å². The van der Waals surface area contributed by atoms with Crippen molar-refractivity contribution in [2.24, 2.45) is 0 Å². The quantitative estimate of drug-likeness (QED) is 0.443. The van der Waals surface area contributed by atoms with E-state index in [1.54, 1.807) is 30.3 Å². The van der Waals surface area contributed by atoms with Crippen molar-refractivity contribution in [2.75, 3.05) is 5.32 Å². The smallest absolute Gasteiger partial charge is 0.291 e. The Balaban J connectivity index is 1.54. The Labute approximate surface area is 180 Å². The Morgan fingerprint density at radius 3 is 2.63 bits per heavy atom. The van der Waals surface area contributed by atoms with Gasteiger partial charge >= 0.3 is 0 Å². The highest BCUT2D eigenvalue weighted by Crippen LogP contribution is 2.25. The fourth-order valence-corrected chi connectivity index (χ4v) is 4.43. The molecule has 2 heterocycles. The third-order valence-electron chi connectivity index (χ3n) is 4.19. The van der Waals surface area contributed by atoms with Gasteiger partial charge in [0.15, 0.2) is 15.6 Å². The van der Waals surface area contributed by atoms with Crippen LogP contribution in [0.5, 0.6) is 0 Å². The van der Waals surface area contributed by atoms with Crippen molar-refractivity contribution in [2.45, 2.75) is 10.6 Å². The molecule has 0 aliphatic carbocycles. The van der Waals surface area contributed by atoms with Crippen LogP contribution in [-0.2, 0) is 15.6 Å². The van der Waals surface area contributed by atoms with Gasteiger partial charge in [-0.05, 0) is 42.5 Å². The Bertz CT molecular complexity index is 1290. The van der Waals surface area contributed by atoms with Gasteiger partial charge < -0.3 is 9.73 Å². The molecule has 0 saturated heterocycles. The second-order valence-electron chi connectivity index (χ2n) is 6.29. The molecule has 0 aliphatic heterocycles. The van der Waals surface area contributed by atoms with Crippen molar-refractivity contribution in [3.8, 4) is 5.69 Å². The van der Waals surface area contributed by atoms with E-state index in [4.69, 9.17) is 4.42 Å². The van der Waals surface area contributed by atoms with Crippen molar-refractivity contribution in [3.63, 3.8) is 0 Å². The van der Waals surface area contributed by atoms with Crippen molar-refractivity contribution in [1.29, 1.82) is 0 Å². The number of hydrogen-bond donors (Lipinski definition) is 1. The highest BCUT2D eigenvalue weighted by molar-refractivity contribution is 9.10. The summed E-state index contributed by atoms with van der Waals surface area (Å²) in [7, 11) is -3.58. The zero-order valence-corrected chi connectivity index (χ0v) is 17.8. The minimum atomic E-state index is -3.58. The molecule has 0 atom stereocenters. The molecule has 1 N–H and O–H groups in total. The summed E-state index contributed by atoms with van der Waals surface area (Å²) in [6.07, 6.45) is 2.90. The van der Waals surface area contributed by atoms with Crippen LogP contribution < -0.4 is 5.32 Å². The number of aromatic nitrogens is 3. The maximum absolute atomic E-state index is 12.7. The Morgan fingerprint density at radius 1 is 1.10 bits per heavy atom. The molecule has 152 valence electrons. The normalized spacial score (nSPS) is 11.4. The summed E-state index contributed by atoms with van der Waals surface area (Å²) in [5, 5.41) is 6.84. The SMILES string of the molecule is O=C(Nc1cc(Br)ccc1-n1cncn1)c1ccc(CS(=O)(=O)c2ccccc2)o1. The van der Waals surface area contributed by atoms with Gasteiger partial charge in [0, 0.05) is 4.47 Å². The van der Waals surface area contributed by atoms with E-state index < -0.39 is 15.7 Å². The lowest BCUT2D eigenvalue weighted by Crippen LogP contribution is -2.13. The molecule has 4 aromatic rings. The molecular formula is C20H15BrN4O4S. The van der Waals surface area contributed by atoms with Crippen molar-refractivity contribution in [3.05, 3.63) is 89.3 Å². The monoisotopic (exact) mass is 486 g/mol. The summed E-state index contributed by atoms with van der Waals surface area (Å²) in [5.74, 6) is -0.684. The summed E-state index contributed by atoms with van der Waals surface area (Å²) < 4.78 is 32.8. The lowest BCUT2D eigenvalue weighted by atomic mass is 10.2. The van der Waals surface area contributed by atoms with Crippen molar-refractivity contribution < 1.29 is 17.6 Å². The molecule has 0 saturated carbocycles. The Hall–Kier alpha value is -3.24. The first-order valence-electron chi connectivity index (χ1n) is 8.75. The number of furan rings is 1. The van der Waals surface area contributed by atoms with Gasteiger partial charge in [0.2, 0.25) is 0 Å². The zero-order chi connectivity index (χ0) is 21.1. The second-order valence-corrected chi connectivity index (χ2v) is 9.20. The van der Waals surface area contributed by atoms with Gasteiger partial charge in [-0.15, -0.1) is 0 Å². The molecular weight excluding hydrogens is 472 g/mol. The molecule has 2 aromatic carbocycles. The van der Waals surface area contributed by atoms with Gasteiger partial charge in [-0.2, -0.15) is 5.10 Å². The van der Waals surface area contributed by atoms with Crippen molar-refractivity contribution in [1.82, 2.24) is 14.8 Å². The van der Waals surface area contributed by atoms with E-state index in [1.165, 1.54) is 41.6 Å². The van der Waals surface area contributed by atoms with Gasteiger partial charge in [0.1, 0.15) is 24.2 Å². The van der Waals surface area contributed by atoms with E-state index in [0.717, 1.165) is 4.47 Å². The number of amides is 1. The molecule has 1 amide bonds. The molecule has 0 radical (unpaired) electrons. The number of rotatable bonds is 6. The van der Waals surface area contributed by atoms with Gasteiger partial charge in [-0.25, -0.2) is 18.1 Å². The van der Waals surface area contributed by atoms with Gasteiger partial charge in [-0.1, -0.05) is 34.1 Å². The Kier molecular flexibility index (Phi) is 5.51. The third-order valence-corrected chi connectivity index (χ3v) is 6.34. The summed E-state index contributed by atoms with van der Waals surface area (Å²) in [5.41, 5.74) is 1.09. The molecule has 8 nitrogen and oxygen atoms in total. The molecule has 0 unspecified atom stereocenters. The summed E-state index contributed by atoms with van der Waals surface area (Å²) in [4.78, 5) is 16.8. The van der Waals surface area contributed by atoms with Crippen LogP contribution in [0.25, 0.3) is 5.69 Å². The first-order valence-corrected chi connectivity index (χ1v) is 11.2. The number of benzene rings is 2. The molecule has 0 spiro atoms. The number of nitrogens with zero attached hydrogens (tertiary/aromatic N) is 3. The summed E-state index contributed by atoms with van der Waals surface area (Å²) in [6, 6.07) is 16.3. The molecule has 2 aromatic heterocycles. The average Bonchev–Trinajstić information content (AvgIpc) is 3.41. The number of nitrogens with one attached hydrogen (secondary N) is 1. The highest BCUT2D eigenvalue weighted by atomic mass is 79.9. The number of halogens is 1. The molecule has 4 rings (SSSR count). The molecule has 0 aliphatic rings. The van der Waals surface area contributed by atoms with Crippen LogP contribution >= 0.6 is 15.9 Å².